The third-order valence-corrected chi connectivity index (χ3v) is 8.40. The van der Waals surface area contributed by atoms with Crippen LogP contribution in [0.5, 0.6) is 0 Å². The van der Waals surface area contributed by atoms with Crippen molar-refractivity contribution in [3.63, 3.8) is 0 Å². The van der Waals surface area contributed by atoms with Crippen molar-refractivity contribution in [3.8, 4) is 0 Å². The number of rotatable bonds is 10. The van der Waals surface area contributed by atoms with Crippen LogP contribution in [0.3, 0.4) is 0 Å². The van der Waals surface area contributed by atoms with Crippen LogP contribution < -0.4 is 15.5 Å². The summed E-state index contributed by atoms with van der Waals surface area (Å²) in [4.78, 5) is 47.8. The van der Waals surface area contributed by atoms with Gasteiger partial charge in [0.05, 0.1) is 11.4 Å². The summed E-state index contributed by atoms with van der Waals surface area (Å²) in [6.45, 7) is 1.36. The normalized spacial score (nSPS) is 17.0. The highest BCUT2D eigenvalue weighted by atomic mass is 16.2. The predicted molar refractivity (Wildman–Crippen MR) is 172 cm³/mol. The number of fused-ring (bicyclic) bond motifs is 1. The van der Waals surface area contributed by atoms with Crippen molar-refractivity contribution < 1.29 is 14.4 Å². The highest BCUT2D eigenvalue weighted by Gasteiger charge is 2.36. The van der Waals surface area contributed by atoms with E-state index < -0.39 is 5.92 Å². The summed E-state index contributed by atoms with van der Waals surface area (Å²) in [7, 11) is 5.66. The van der Waals surface area contributed by atoms with Gasteiger partial charge in [-0.05, 0) is 86.4 Å². The third-order valence-electron chi connectivity index (χ3n) is 8.40. The highest BCUT2D eigenvalue weighted by molar-refractivity contribution is 6.24. The molecular weight excluding hydrogens is 538 g/mol. The molecule has 3 aromatic rings. The summed E-state index contributed by atoms with van der Waals surface area (Å²) in [5.41, 5.74) is 4.82. The van der Waals surface area contributed by atoms with E-state index in [4.69, 9.17) is 4.99 Å². The van der Waals surface area contributed by atoms with Crippen molar-refractivity contribution in [1.82, 2.24) is 10.2 Å². The summed E-state index contributed by atoms with van der Waals surface area (Å²) in [5.74, 6) is -0.418. The number of amides is 3. The first-order chi connectivity index (χ1) is 20.8. The van der Waals surface area contributed by atoms with Crippen molar-refractivity contribution in [1.29, 1.82) is 0 Å². The van der Waals surface area contributed by atoms with Crippen LogP contribution in [0.2, 0.25) is 0 Å². The summed E-state index contributed by atoms with van der Waals surface area (Å²) in [6.07, 6.45) is 6.48. The summed E-state index contributed by atoms with van der Waals surface area (Å²) in [6, 6.07) is 22.5. The second-order valence-corrected chi connectivity index (χ2v) is 11.8. The van der Waals surface area contributed by atoms with E-state index in [-0.39, 0.29) is 17.7 Å². The fraction of sp³-hybridized carbons (Fsp3) is 0.371. The van der Waals surface area contributed by atoms with Gasteiger partial charge in [0.15, 0.2) is 0 Å². The molecule has 8 nitrogen and oxygen atoms in total. The van der Waals surface area contributed by atoms with Gasteiger partial charge >= 0.3 is 0 Å². The molecule has 1 unspecified atom stereocenters. The van der Waals surface area contributed by atoms with Crippen LogP contribution in [0.4, 0.5) is 17.1 Å². The van der Waals surface area contributed by atoms with E-state index in [1.165, 1.54) is 19.3 Å². The van der Waals surface area contributed by atoms with E-state index >= 15 is 0 Å². The molecule has 43 heavy (non-hydrogen) atoms. The molecule has 3 aromatic carbocycles. The smallest absolute Gasteiger partial charge is 0.251 e. The Labute approximate surface area is 254 Å². The quantitative estimate of drug-likeness (QED) is 0.298. The molecule has 224 valence electrons. The van der Waals surface area contributed by atoms with Crippen molar-refractivity contribution in [2.24, 2.45) is 10.9 Å². The zero-order valence-electron chi connectivity index (χ0n) is 25.3. The van der Waals surface area contributed by atoms with Gasteiger partial charge in [-0.3, -0.25) is 19.4 Å². The molecule has 2 aliphatic rings. The maximum Gasteiger partial charge on any atom is 0.251 e. The predicted octanol–water partition coefficient (Wildman–Crippen LogP) is 5.77. The van der Waals surface area contributed by atoms with Crippen molar-refractivity contribution in [2.75, 3.05) is 44.4 Å². The van der Waals surface area contributed by atoms with Gasteiger partial charge in [-0.25, -0.2) is 0 Å². The second-order valence-electron chi connectivity index (χ2n) is 11.8. The number of nitrogens with zero attached hydrogens (tertiary/aromatic N) is 3. The van der Waals surface area contributed by atoms with Gasteiger partial charge in [0.25, 0.3) is 5.91 Å². The lowest BCUT2D eigenvalue weighted by molar-refractivity contribution is -0.118. The Hall–Kier alpha value is -4.30. The Morgan fingerprint density at radius 1 is 0.907 bits per heavy atom. The molecule has 5 rings (SSSR count). The van der Waals surface area contributed by atoms with E-state index in [9.17, 15) is 14.4 Å². The fourth-order valence-corrected chi connectivity index (χ4v) is 5.83. The Bertz CT molecular complexity index is 1480. The molecule has 3 amide bonds. The minimum atomic E-state index is -0.682. The Kier molecular flexibility index (Phi) is 9.67. The molecule has 0 saturated heterocycles. The van der Waals surface area contributed by atoms with Crippen LogP contribution in [-0.2, 0) is 9.59 Å². The first-order valence-electron chi connectivity index (χ1n) is 15.2. The van der Waals surface area contributed by atoms with Crippen LogP contribution in [0, 0.1) is 5.92 Å². The molecule has 1 fully saturated rings. The van der Waals surface area contributed by atoms with E-state index in [1.807, 2.05) is 85.7 Å². The van der Waals surface area contributed by atoms with Crippen LogP contribution in [0.25, 0.3) is 0 Å². The van der Waals surface area contributed by atoms with E-state index in [0.717, 1.165) is 29.7 Å². The average molecular weight is 580 g/mol. The van der Waals surface area contributed by atoms with Crippen molar-refractivity contribution in [3.05, 3.63) is 89.5 Å². The minimum Gasteiger partial charge on any atom is -0.352 e. The van der Waals surface area contributed by atoms with Gasteiger partial charge in [-0.15, -0.1) is 0 Å². The first kappa shape index (κ1) is 30.2. The van der Waals surface area contributed by atoms with Gasteiger partial charge < -0.3 is 20.4 Å². The average Bonchev–Trinajstić information content (AvgIpc) is 3.36. The third kappa shape index (κ3) is 7.38. The number of aliphatic imine (C=N–C) groups is 1. The number of hydrogen-bond donors (Lipinski definition) is 2. The maximum absolute atomic E-state index is 13.4. The molecular formula is C35H41N5O3. The number of carbonyl (C=O) groups is 3. The van der Waals surface area contributed by atoms with Gasteiger partial charge in [-0.2, -0.15) is 0 Å². The summed E-state index contributed by atoms with van der Waals surface area (Å²) >= 11 is 0. The van der Waals surface area contributed by atoms with E-state index in [2.05, 4.69) is 10.6 Å². The van der Waals surface area contributed by atoms with Crippen LogP contribution >= 0.6 is 0 Å². The molecule has 1 aliphatic carbocycles. The number of carbonyl (C=O) groups excluding carboxylic acids is 3. The SMILES string of the molecule is CN(C)CCC(=O)N(C)c1ccc(N=C(c2ccccc2)C2C(=O)Nc3ccc(C(=O)NCC4CCCCC4)cc32)cc1. The Morgan fingerprint density at radius 3 is 2.33 bits per heavy atom. The molecule has 0 bridgehead atoms. The molecule has 8 heteroatoms. The standard InChI is InChI=1S/C35H41N5O3/c1-39(2)21-20-31(41)40(3)28-17-15-27(16-18-28)37-33(25-12-8-5-9-13-25)32-29-22-26(14-19-30(29)38-35(32)43)34(42)36-23-24-10-6-4-7-11-24/h5,8-9,12-19,22,24,32H,4,6-7,10-11,20-21,23H2,1-3H3,(H,36,42)(H,38,43). The second kappa shape index (κ2) is 13.8. The maximum atomic E-state index is 13.4. The molecule has 1 heterocycles. The van der Waals surface area contributed by atoms with Gasteiger partial charge in [0.1, 0.15) is 5.92 Å². The largest absolute Gasteiger partial charge is 0.352 e. The summed E-state index contributed by atoms with van der Waals surface area (Å²) in [5, 5.41) is 6.11. The van der Waals surface area contributed by atoms with E-state index in [1.54, 1.807) is 18.0 Å². The minimum absolute atomic E-state index is 0.0349. The zero-order valence-corrected chi connectivity index (χ0v) is 25.3. The van der Waals surface area contributed by atoms with Crippen LogP contribution in [0.15, 0.2) is 77.8 Å². The van der Waals surface area contributed by atoms with Gasteiger partial charge in [-0.1, -0.05) is 49.6 Å². The van der Waals surface area contributed by atoms with Gasteiger partial charge in [0.2, 0.25) is 11.8 Å². The first-order valence-corrected chi connectivity index (χ1v) is 15.2. The number of nitrogens with one attached hydrogen (secondary N) is 2. The molecule has 0 radical (unpaired) electrons. The lowest BCUT2D eigenvalue weighted by Gasteiger charge is -2.21. The molecule has 0 spiro atoms. The summed E-state index contributed by atoms with van der Waals surface area (Å²) < 4.78 is 0. The highest BCUT2D eigenvalue weighted by Crippen LogP contribution is 2.37. The molecule has 1 saturated carbocycles. The molecule has 1 atom stereocenters. The Morgan fingerprint density at radius 2 is 1.63 bits per heavy atom. The molecule has 1 aliphatic heterocycles. The van der Waals surface area contributed by atoms with Crippen LogP contribution in [-0.4, -0.2) is 62.6 Å². The van der Waals surface area contributed by atoms with Crippen LogP contribution in [0.1, 0.15) is 65.9 Å². The number of hydrogen-bond acceptors (Lipinski definition) is 5. The number of benzene rings is 3. The molecule has 0 aromatic heterocycles. The fourth-order valence-electron chi connectivity index (χ4n) is 5.83. The lowest BCUT2D eigenvalue weighted by Crippen LogP contribution is -2.30. The zero-order chi connectivity index (χ0) is 30.3. The molecule has 2 N–H and O–H groups in total. The lowest BCUT2D eigenvalue weighted by atomic mass is 9.89. The van der Waals surface area contributed by atoms with E-state index in [0.29, 0.717) is 48.1 Å². The van der Waals surface area contributed by atoms with Crippen molar-refractivity contribution in [2.45, 2.75) is 44.4 Å². The Balaban J connectivity index is 1.41. The topological polar surface area (TPSA) is 94.1 Å². The number of anilines is 2. The van der Waals surface area contributed by atoms with Gasteiger partial charge in [0, 0.05) is 43.5 Å². The van der Waals surface area contributed by atoms with Crippen molar-refractivity contribution >= 4 is 40.5 Å². The monoisotopic (exact) mass is 579 g/mol.